The maximum atomic E-state index is 13.9. The predicted octanol–water partition coefficient (Wildman–Crippen LogP) is 3.12. The third kappa shape index (κ3) is 3.47. The number of likely N-dealkylation sites (N-methyl/N-ethyl adjacent to an activating group) is 1. The molecule has 0 aromatic heterocycles. The van der Waals surface area contributed by atoms with Crippen LogP contribution < -0.4 is 0 Å². The zero-order valence-corrected chi connectivity index (χ0v) is 15.6. The first-order valence-corrected chi connectivity index (χ1v) is 9.77. The van der Waals surface area contributed by atoms with E-state index in [1.165, 1.54) is 12.1 Å². The molecule has 1 fully saturated rings. The van der Waals surface area contributed by atoms with Gasteiger partial charge in [-0.1, -0.05) is 30.3 Å². The van der Waals surface area contributed by atoms with Gasteiger partial charge in [0.05, 0.1) is 10.9 Å². The largest absolute Gasteiger partial charge is 0.303 e. The topological polar surface area (TPSA) is 40.6 Å². The Hall–Kier alpha value is -1.76. The van der Waals surface area contributed by atoms with Crippen LogP contribution in [0.15, 0.2) is 47.4 Å². The summed E-state index contributed by atoms with van der Waals surface area (Å²) in [7, 11) is -1.71. The maximum Gasteiger partial charge on any atom is 0.243 e. The van der Waals surface area contributed by atoms with Crippen LogP contribution in [0.3, 0.4) is 0 Å². The summed E-state index contributed by atoms with van der Waals surface area (Å²) in [5.74, 6) is -0.350. The molecule has 0 spiro atoms. The molecular weight excluding hydrogens is 339 g/mol. The lowest BCUT2D eigenvalue weighted by Gasteiger charge is -2.39. The van der Waals surface area contributed by atoms with Crippen molar-refractivity contribution in [2.45, 2.75) is 24.8 Å². The highest BCUT2D eigenvalue weighted by Gasteiger charge is 2.36. The Morgan fingerprint density at radius 2 is 1.64 bits per heavy atom. The summed E-state index contributed by atoms with van der Waals surface area (Å²) in [6.07, 6.45) is 0. The van der Waals surface area contributed by atoms with Crippen molar-refractivity contribution in [1.82, 2.24) is 9.21 Å². The number of piperazine rings is 1. The minimum Gasteiger partial charge on any atom is -0.303 e. The van der Waals surface area contributed by atoms with Crippen LogP contribution in [0.1, 0.15) is 22.7 Å². The molecule has 1 aliphatic heterocycles. The molecular formula is C19H23FN2O2S. The summed E-state index contributed by atoms with van der Waals surface area (Å²) in [5.41, 5.74) is 1.67. The zero-order valence-electron chi connectivity index (χ0n) is 14.7. The maximum absolute atomic E-state index is 13.9. The molecule has 0 aliphatic carbocycles. The molecule has 3 rings (SSSR count). The van der Waals surface area contributed by atoms with Crippen LogP contribution in [0.5, 0.6) is 0 Å². The van der Waals surface area contributed by atoms with Crippen molar-refractivity contribution in [1.29, 1.82) is 0 Å². The molecule has 25 heavy (non-hydrogen) atoms. The Morgan fingerprint density at radius 3 is 2.24 bits per heavy atom. The van der Waals surface area contributed by atoms with Gasteiger partial charge in [0.1, 0.15) is 5.82 Å². The van der Waals surface area contributed by atoms with E-state index in [2.05, 4.69) is 4.90 Å². The van der Waals surface area contributed by atoms with Gasteiger partial charge in [0, 0.05) is 19.6 Å². The molecule has 0 N–H and O–H groups in total. The van der Waals surface area contributed by atoms with E-state index in [-0.39, 0.29) is 16.8 Å². The van der Waals surface area contributed by atoms with Crippen LogP contribution in [-0.2, 0) is 10.0 Å². The average molecular weight is 362 g/mol. The van der Waals surface area contributed by atoms with Gasteiger partial charge in [-0.25, -0.2) is 12.8 Å². The van der Waals surface area contributed by atoms with E-state index in [0.717, 1.165) is 5.56 Å². The second kappa shape index (κ2) is 6.86. The van der Waals surface area contributed by atoms with Crippen LogP contribution in [-0.4, -0.2) is 44.3 Å². The monoisotopic (exact) mass is 362 g/mol. The van der Waals surface area contributed by atoms with Crippen LogP contribution >= 0.6 is 0 Å². The number of aryl methyl sites for hydroxylation is 2. The number of hydrogen-bond donors (Lipinski definition) is 0. The Morgan fingerprint density at radius 1 is 1.04 bits per heavy atom. The summed E-state index contributed by atoms with van der Waals surface area (Å²) < 4.78 is 42.0. The van der Waals surface area contributed by atoms with Crippen molar-refractivity contribution in [2.24, 2.45) is 0 Å². The molecule has 6 heteroatoms. The number of rotatable bonds is 3. The SMILES string of the molecule is Cc1cc(S(=O)(=O)N2CCN(C)CC2c2ccccc2)cc(C)c1F. The highest BCUT2D eigenvalue weighted by molar-refractivity contribution is 7.89. The van der Waals surface area contributed by atoms with Crippen molar-refractivity contribution >= 4 is 10.0 Å². The Labute approximate surface area is 148 Å². The quantitative estimate of drug-likeness (QED) is 0.842. The fraction of sp³-hybridized carbons (Fsp3) is 0.368. The second-order valence-corrected chi connectivity index (χ2v) is 8.57. The van der Waals surface area contributed by atoms with Gasteiger partial charge in [0.25, 0.3) is 0 Å². The summed E-state index contributed by atoms with van der Waals surface area (Å²) in [6.45, 7) is 4.90. The molecule has 0 amide bonds. The van der Waals surface area contributed by atoms with Crippen LogP contribution in [0, 0.1) is 19.7 Å². The predicted molar refractivity (Wildman–Crippen MR) is 96.4 cm³/mol. The van der Waals surface area contributed by atoms with E-state index in [4.69, 9.17) is 0 Å². The fourth-order valence-corrected chi connectivity index (χ4v) is 5.10. The third-order valence-corrected chi connectivity index (χ3v) is 6.62. The van der Waals surface area contributed by atoms with Gasteiger partial charge < -0.3 is 4.90 Å². The van der Waals surface area contributed by atoms with Crippen LogP contribution in [0.2, 0.25) is 0 Å². The van der Waals surface area contributed by atoms with Gasteiger partial charge in [-0.3, -0.25) is 0 Å². The molecule has 1 heterocycles. The number of halogens is 1. The second-order valence-electron chi connectivity index (χ2n) is 6.68. The summed E-state index contributed by atoms with van der Waals surface area (Å²) in [4.78, 5) is 2.29. The molecule has 1 atom stereocenters. The standard InChI is InChI=1S/C19H23FN2O2S/c1-14-11-17(12-15(2)19(14)20)25(23,24)22-10-9-21(3)13-18(22)16-7-5-4-6-8-16/h4-8,11-12,18H,9-10,13H2,1-3H3. The molecule has 2 aromatic carbocycles. The molecule has 4 nitrogen and oxygen atoms in total. The van der Waals surface area contributed by atoms with Gasteiger partial charge in [-0.15, -0.1) is 0 Å². The van der Waals surface area contributed by atoms with Gasteiger partial charge >= 0.3 is 0 Å². The lowest BCUT2D eigenvalue weighted by Crippen LogP contribution is -2.49. The first-order valence-electron chi connectivity index (χ1n) is 8.33. The van der Waals surface area contributed by atoms with Gasteiger partial charge in [-0.05, 0) is 49.7 Å². The van der Waals surface area contributed by atoms with Gasteiger partial charge in [0.15, 0.2) is 0 Å². The lowest BCUT2D eigenvalue weighted by molar-refractivity contribution is 0.160. The Bertz CT molecular complexity index is 845. The normalized spacial score (nSPS) is 19.9. The number of benzene rings is 2. The van der Waals surface area contributed by atoms with Crippen molar-refractivity contribution < 1.29 is 12.8 Å². The van der Waals surface area contributed by atoms with E-state index >= 15 is 0 Å². The molecule has 0 bridgehead atoms. The molecule has 134 valence electrons. The van der Waals surface area contributed by atoms with Crippen molar-refractivity contribution in [2.75, 3.05) is 26.7 Å². The van der Waals surface area contributed by atoms with Crippen molar-refractivity contribution in [3.05, 3.63) is 65.0 Å². The minimum absolute atomic E-state index is 0.161. The number of nitrogens with zero attached hydrogens (tertiary/aromatic N) is 2. The zero-order chi connectivity index (χ0) is 18.2. The average Bonchev–Trinajstić information content (AvgIpc) is 2.59. The smallest absolute Gasteiger partial charge is 0.243 e. The number of sulfonamides is 1. The summed E-state index contributed by atoms with van der Waals surface area (Å²) >= 11 is 0. The van der Waals surface area contributed by atoms with Crippen molar-refractivity contribution in [3.63, 3.8) is 0 Å². The van der Waals surface area contributed by atoms with Crippen LogP contribution in [0.25, 0.3) is 0 Å². The van der Waals surface area contributed by atoms with E-state index in [9.17, 15) is 12.8 Å². The molecule has 1 unspecified atom stereocenters. The first kappa shape index (κ1) is 18.0. The summed E-state index contributed by atoms with van der Waals surface area (Å²) in [6, 6.07) is 12.3. The highest BCUT2D eigenvalue weighted by atomic mass is 32.2. The van der Waals surface area contributed by atoms with E-state index < -0.39 is 10.0 Å². The Kier molecular flexibility index (Phi) is 4.95. The third-order valence-electron chi connectivity index (χ3n) is 4.74. The molecule has 1 aliphatic rings. The minimum atomic E-state index is -3.70. The lowest BCUT2D eigenvalue weighted by atomic mass is 10.1. The van der Waals surface area contributed by atoms with E-state index in [1.54, 1.807) is 18.2 Å². The van der Waals surface area contributed by atoms with E-state index in [1.807, 2.05) is 37.4 Å². The molecule has 2 aromatic rings. The molecule has 1 saturated heterocycles. The van der Waals surface area contributed by atoms with Crippen molar-refractivity contribution in [3.8, 4) is 0 Å². The molecule has 0 radical (unpaired) electrons. The summed E-state index contributed by atoms with van der Waals surface area (Å²) in [5, 5.41) is 0. The van der Waals surface area contributed by atoms with E-state index in [0.29, 0.717) is 30.8 Å². The van der Waals surface area contributed by atoms with Gasteiger partial charge in [0.2, 0.25) is 10.0 Å². The fourth-order valence-electron chi connectivity index (χ4n) is 3.33. The first-order chi connectivity index (χ1) is 11.8. The van der Waals surface area contributed by atoms with Gasteiger partial charge in [-0.2, -0.15) is 4.31 Å². The Balaban J connectivity index is 2.05. The van der Waals surface area contributed by atoms with Crippen LogP contribution in [0.4, 0.5) is 4.39 Å². The highest BCUT2D eigenvalue weighted by Crippen LogP contribution is 2.31. The number of hydrogen-bond acceptors (Lipinski definition) is 3. The molecule has 0 saturated carbocycles.